The molecule has 8 aromatic rings. The molecule has 8 rings (SSSR count). The molecule has 0 aliphatic carbocycles. The summed E-state index contributed by atoms with van der Waals surface area (Å²) in [6.45, 7) is 0. The summed E-state index contributed by atoms with van der Waals surface area (Å²) in [6.07, 6.45) is 0. The molecule has 0 aliphatic rings. The summed E-state index contributed by atoms with van der Waals surface area (Å²) in [4.78, 5) is 10.1. The van der Waals surface area contributed by atoms with Crippen LogP contribution in [-0.2, 0) is 0 Å². The summed E-state index contributed by atoms with van der Waals surface area (Å²) in [5.41, 5.74) is 7.59. The maximum Gasteiger partial charge on any atom is 0.162 e. The average Bonchev–Trinajstić information content (AvgIpc) is 3.62. The van der Waals surface area contributed by atoms with Crippen LogP contribution in [0, 0.1) is 0 Å². The molecule has 0 radical (unpaired) electrons. The van der Waals surface area contributed by atoms with Gasteiger partial charge in [-0.15, -0.1) is 5.10 Å². The normalized spacial score (nSPS) is 11.5. The molecule has 40 heavy (non-hydrogen) atoms. The largest absolute Gasteiger partial charge is 0.291 e. The molecule has 0 amide bonds. The van der Waals surface area contributed by atoms with E-state index in [1.54, 1.807) is 0 Å². The van der Waals surface area contributed by atoms with E-state index in [-0.39, 0.29) is 0 Å². The van der Waals surface area contributed by atoms with Gasteiger partial charge in [-0.1, -0.05) is 102 Å². The molecule has 0 aliphatic heterocycles. The number of hydrogen-bond acceptors (Lipinski definition) is 4. The van der Waals surface area contributed by atoms with Crippen LogP contribution in [0.15, 0.2) is 133 Å². The Morgan fingerprint density at radius 2 is 1.20 bits per heavy atom. The number of hydrogen-bond donors (Lipinski definition) is 0. The molecule has 0 atom stereocenters. The fraction of sp³-hybridized carbons (Fsp3) is 0. The molecule has 3 heterocycles. The van der Waals surface area contributed by atoms with Gasteiger partial charge in [0.25, 0.3) is 0 Å². The van der Waals surface area contributed by atoms with E-state index in [1.165, 1.54) is 0 Å². The number of nitrogens with zero attached hydrogens (tertiary/aromatic N) is 6. The first-order chi connectivity index (χ1) is 19.8. The first-order valence-electron chi connectivity index (χ1n) is 13.2. The number of benzene rings is 5. The van der Waals surface area contributed by atoms with Gasteiger partial charge in [0.05, 0.1) is 27.9 Å². The highest BCUT2D eigenvalue weighted by Gasteiger charge is 2.20. The van der Waals surface area contributed by atoms with Crippen molar-refractivity contribution in [1.29, 1.82) is 0 Å². The second-order valence-corrected chi connectivity index (χ2v) is 9.69. The third-order valence-corrected chi connectivity index (χ3v) is 7.30. The maximum atomic E-state index is 5.14. The van der Waals surface area contributed by atoms with Crippen LogP contribution in [0.2, 0.25) is 0 Å². The van der Waals surface area contributed by atoms with Gasteiger partial charge < -0.3 is 0 Å². The quantitative estimate of drug-likeness (QED) is 0.242. The Labute approximate surface area is 229 Å². The van der Waals surface area contributed by atoms with Crippen LogP contribution in [0.1, 0.15) is 0 Å². The molecule has 0 N–H and O–H groups in total. The van der Waals surface area contributed by atoms with Crippen molar-refractivity contribution in [1.82, 2.24) is 29.5 Å². The predicted molar refractivity (Wildman–Crippen MR) is 160 cm³/mol. The minimum absolute atomic E-state index is 0.669. The van der Waals surface area contributed by atoms with Crippen LogP contribution in [0.25, 0.3) is 67.0 Å². The Kier molecular flexibility index (Phi) is 5.03. The van der Waals surface area contributed by atoms with E-state index < -0.39 is 0 Å². The fourth-order valence-electron chi connectivity index (χ4n) is 5.46. The second-order valence-electron chi connectivity index (χ2n) is 9.69. The van der Waals surface area contributed by atoms with Gasteiger partial charge in [-0.25, -0.2) is 14.6 Å². The van der Waals surface area contributed by atoms with E-state index in [4.69, 9.17) is 15.1 Å². The smallest absolute Gasteiger partial charge is 0.162 e. The monoisotopic (exact) mass is 514 g/mol. The highest BCUT2D eigenvalue weighted by Crippen LogP contribution is 2.37. The zero-order chi connectivity index (χ0) is 26.5. The molecule has 5 aromatic carbocycles. The standard InChI is InChI=1S/C34H22N6/c1-4-12-23(13-5-1)28-22-31(36-34(35-28)24-14-6-2-7-15-24)39-29-19-11-10-18-26(29)27-20-21-30-32(33(27)39)37-38-40(30)25-16-8-3-9-17-25/h1-22H. The van der Waals surface area contributed by atoms with Gasteiger partial charge >= 0.3 is 0 Å². The highest BCUT2D eigenvalue weighted by atomic mass is 15.4. The van der Waals surface area contributed by atoms with Crippen LogP contribution in [0.3, 0.4) is 0 Å². The minimum atomic E-state index is 0.669. The van der Waals surface area contributed by atoms with Crippen LogP contribution in [-0.4, -0.2) is 29.5 Å². The van der Waals surface area contributed by atoms with Gasteiger partial charge in [0.1, 0.15) is 11.3 Å². The zero-order valence-electron chi connectivity index (χ0n) is 21.4. The van der Waals surface area contributed by atoms with Crippen LogP contribution >= 0.6 is 0 Å². The van der Waals surface area contributed by atoms with E-state index in [0.29, 0.717) is 5.82 Å². The number of rotatable bonds is 4. The second kappa shape index (κ2) is 8.99. The summed E-state index contributed by atoms with van der Waals surface area (Å²) in [7, 11) is 0. The lowest BCUT2D eigenvalue weighted by atomic mass is 10.1. The van der Waals surface area contributed by atoms with Gasteiger partial charge in [-0.05, 0) is 30.3 Å². The molecular formula is C34H22N6. The molecule has 0 saturated carbocycles. The van der Waals surface area contributed by atoms with Crippen molar-refractivity contribution in [2.75, 3.05) is 0 Å². The van der Waals surface area contributed by atoms with Crippen molar-refractivity contribution in [2.45, 2.75) is 0 Å². The Balaban J connectivity index is 1.48. The van der Waals surface area contributed by atoms with Gasteiger partial charge in [0, 0.05) is 28.0 Å². The lowest BCUT2D eigenvalue weighted by molar-refractivity contribution is 0.824. The first kappa shape index (κ1) is 22.4. The van der Waals surface area contributed by atoms with Crippen molar-refractivity contribution >= 4 is 32.8 Å². The van der Waals surface area contributed by atoms with Gasteiger partial charge in [0.2, 0.25) is 0 Å². The summed E-state index contributed by atoms with van der Waals surface area (Å²) in [5.74, 6) is 1.45. The predicted octanol–water partition coefficient (Wildman–Crippen LogP) is 7.64. The van der Waals surface area contributed by atoms with E-state index in [9.17, 15) is 0 Å². The van der Waals surface area contributed by atoms with Crippen molar-refractivity contribution in [3.63, 3.8) is 0 Å². The van der Waals surface area contributed by atoms with Gasteiger partial charge in [-0.2, -0.15) is 0 Å². The first-order valence-corrected chi connectivity index (χ1v) is 13.2. The third-order valence-electron chi connectivity index (χ3n) is 7.30. The molecule has 6 heteroatoms. The van der Waals surface area contributed by atoms with Crippen LogP contribution < -0.4 is 0 Å². The van der Waals surface area contributed by atoms with Crippen molar-refractivity contribution in [3.8, 4) is 34.2 Å². The van der Waals surface area contributed by atoms with Crippen molar-refractivity contribution in [3.05, 3.63) is 133 Å². The Bertz CT molecular complexity index is 2090. The van der Waals surface area contributed by atoms with Crippen LogP contribution in [0.5, 0.6) is 0 Å². The number of aromatic nitrogens is 6. The third kappa shape index (κ3) is 3.50. The summed E-state index contributed by atoms with van der Waals surface area (Å²) in [5, 5.41) is 11.5. The van der Waals surface area contributed by atoms with E-state index in [2.05, 4.69) is 64.4 Å². The molecule has 6 nitrogen and oxygen atoms in total. The SMILES string of the molecule is c1ccc(-c2cc(-n3c4ccccc4c4ccc5c(nnn5-c5ccccc5)c43)nc(-c3ccccc3)n2)cc1. The Morgan fingerprint density at radius 3 is 1.98 bits per heavy atom. The average molecular weight is 515 g/mol. The number of para-hydroxylation sites is 2. The van der Waals surface area contributed by atoms with E-state index in [1.807, 2.05) is 83.5 Å². The Morgan fingerprint density at radius 1 is 0.525 bits per heavy atom. The zero-order valence-corrected chi connectivity index (χ0v) is 21.4. The van der Waals surface area contributed by atoms with E-state index >= 15 is 0 Å². The van der Waals surface area contributed by atoms with Gasteiger partial charge in [0.15, 0.2) is 5.82 Å². The highest BCUT2D eigenvalue weighted by molar-refractivity contribution is 6.17. The fourth-order valence-corrected chi connectivity index (χ4v) is 5.46. The van der Waals surface area contributed by atoms with Crippen molar-refractivity contribution in [2.24, 2.45) is 0 Å². The van der Waals surface area contributed by atoms with Gasteiger partial charge in [-0.3, -0.25) is 4.57 Å². The number of fused-ring (bicyclic) bond motifs is 5. The molecule has 0 bridgehead atoms. The molecule has 0 fully saturated rings. The summed E-state index contributed by atoms with van der Waals surface area (Å²) in [6, 6.07) is 45.2. The molecule has 188 valence electrons. The summed E-state index contributed by atoms with van der Waals surface area (Å²) < 4.78 is 4.10. The van der Waals surface area contributed by atoms with Crippen molar-refractivity contribution < 1.29 is 0 Å². The molecule has 0 spiro atoms. The molecule has 0 saturated heterocycles. The minimum Gasteiger partial charge on any atom is -0.291 e. The molecular weight excluding hydrogens is 492 g/mol. The maximum absolute atomic E-state index is 5.14. The lowest BCUT2D eigenvalue weighted by Crippen LogP contribution is -2.03. The molecule has 3 aromatic heterocycles. The lowest BCUT2D eigenvalue weighted by Gasteiger charge is -2.12. The Hall–Kier alpha value is -5.62. The van der Waals surface area contributed by atoms with E-state index in [0.717, 1.165) is 61.2 Å². The molecule has 0 unspecified atom stereocenters. The van der Waals surface area contributed by atoms with Crippen LogP contribution in [0.4, 0.5) is 0 Å². The summed E-state index contributed by atoms with van der Waals surface area (Å²) >= 11 is 0. The topological polar surface area (TPSA) is 61.4 Å².